The zero-order valence-corrected chi connectivity index (χ0v) is 27.8. The van der Waals surface area contributed by atoms with Gasteiger partial charge in [0.1, 0.15) is 44.4 Å². The molecule has 49 heavy (non-hydrogen) atoms. The summed E-state index contributed by atoms with van der Waals surface area (Å²) >= 11 is 0. The van der Waals surface area contributed by atoms with Gasteiger partial charge in [-0.15, -0.1) is 0 Å². The Kier molecular flexibility index (Phi) is 14.1. The molecule has 4 aromatic rings. The van der Waals surface area contributed by atoms with Crippen LogP contribution in [-0.4, -0.2) is 97.3 Å². The van der Waals surface area contributed by atoms with Crippen molar-refractivity contribution in [2.45, 2.75) is 37.6 Å². The number of hydrogen-bond donors (Lipinski definition) is 0. The summed E-state index contributed by atoms with van der Waals surface area (Å²) in [4.78, 5) is 0. The second-order valence-electron chi connectivity index (χ2n) is 11.8. The van der Waals surface area contributed by atoms with Gasteiger partial charge in [0.05, 0.1) is 66.1 Å². The maximum absolute atomic E-state index is 6.49. The van der Waals surface area contributed by atoms with E-state index in [-0.39, 0.29) is 20.0 Å². The van der Waals surface area contributed by atoms with Gasteiger partial charge in [0.25, 0.3) is 0 Å². The first-order valence-corrected chi connectivity index (χ1v) is 17.0. The Morgan fingerprint density at radius 3 is 1.37 bits per heavy atom. The molecule has 0 amide bonds. The minimum absolute atomic E-state index is 0.0513. The molecule has 262 valence electrons. The minimum Gasteiger partial charge on any atom is -0.487 e. The van der Waals surface area contributed by atoms with Gasteiger partial charge in [-0.2, -0.15) is 0 Å². The Labute approximate surface area is 288 Å². The van der Waals surface area contributed by atoms with Crippen molar-refractivity contribution in [1.29, 1.82) is 0 Å². The number of fused-ring (bicyclic) bond motifs is 3. The third-order valence-electron chi connectivity index (χ3n) is 8.27. The predicted molar refractivity (Wildman–Crippen MR) is 183 cm³/mol. The lowest BCUT2D eigenvalue weighted by Gasteiger charge is -2.33. The van der Waals surface area contributed by atoms with Crippen LogP contribution >= 0.6 is 0 Å². The van der Waals surface area contributed by atoms with Crippen molar-refractivity contribution in [3.05, 3.63) is 108 Å². The third kappa shape index (κ3) is 11.0. The van der Waals surface area contributed by atoms with E-state index in [1.54, 1.807) is 0 Å². The molecule has 1 saturated heterocycles. The topological polar surface area (TPSA) is 92.3 Å². The molecule has 0 unspecified atom stereocenters. The van der Waals surface area contributed by atoms with Crippen LogP contribution in [0.15, 0.2) is 97.1 Å². The van der Waals surface area contributed by atoms with Crippen LogP contribution < -0.4 is 9.47 Å². The van der Waals surface area contributed by atoms with E-state index in [0.29, 0.717) is 77.6 Å². The van der Waals surface area contributed by atoms with E-state index in [9.17, 15) is 0 Å². The molecule has 1 fully saturated rings. The van der Waals surface area contributed by atoms with Crippen molar-refractivity contribution in [3.63, 3.8) is 0 Å². The van der Waals surface area contributed by atoms with Crippen molar-refractivity contribution >= 4 is 10.8 Å². The zero-order valence-electron chi connectivity index (χ0n) is 27.8. The molecule has 2 heterocycles. The van der Waals surface area contributed by atoms with Crippen LogP contribution in [-0.2, 0) is 51.1 Å². The van der Waals surface area contributed by atoms with Gasteiger partial charge in [-0.3, -0.25) is 0 Å². The van der Waals surface area contributed by atoms with E-state index >= 15 is 0 Å². The first-order chi connectivity index (χ1) is 24.3. The fraction of sp³-hybridized carbons (Fsp3) is 0.436. The molecular formula is C39H46O10. The van der Waals surface area contributed by atoms with E-state index < -0.39 is 24.4 Å². The van der Waals surface area contributed by atoms with Crippen LogP contribution in [0.5, 0.6) is 11.5 Å². The van der Waals surface area contributed by atoms with Crippen LogP contribution in [0, 0.1) is 0 Å². The first kappa shape index (κ1) is 35.3. The van der Waals surface area contributed by atoms with E-state index in [2.05, 4.69) is 12.1 Å². The Bertz CT molecular complexity index is 1390. The van der Waals surface area contributed by atoms with Gasteiger partial charge >= 0.3 is 0 Å². The lowest BCUT2D eigenvalue weighted by molar-refractivity contribution is -0.160. The van der Waals surface area contributed by atoms with Crippen molar-refractivity contribution in [3.8, 4) is 11.5 Å². The van der Waals surface area contributed by atoms with Gasteiger partial charge in [0, 0.05) is 0 Å². The summed E-state index contributed by atoms with van der Waals surface area (Å²) in [5, 5.41) is 2.15. The molecule has 2 aliphatic rings. The van der Waals surface area contributed by atoms with Gasteiger partial charge < -0.3 is 47.4 Å². The Hall–Kier alpha value is -3.58. The van der Waals surface area contributed by atoms with Crippen LogP contribution in [0.25, 0.3) is 10.8 Å². The smallest absolute Gasteiger partial charge is 0.161 e. The van der Waals surface area contributed by atoms with Crippen molar-refractivity contribution in [2.24, 2.45) is 0 Å². The highest BCUT2D eigenvalue weighted by Gasteiger charge is 2.41. The van der Waals surface area contributed by atoms with E-state index in [4.69, 9.17) is 47.4 Å². The maximum atomic E-state index is 6.49. The van der Waals surface area contributed by atoms with E-state index in [1.165, 1.54) is 0 Å². The van der Waals surface area contributed by atoms with Gasteiger partial charge in [-0.05, 0) is 34.0 Å². The van der Waals surface area contributed by atoms with Gasteiger partial charge in [-0.25, -0.2) is 0 Å². The number of hydrogen-bond acceptors (Lipinski definition) is 10. The highest BCUT2D eigenvalue weighted by atomic mass is 16.7. The van der Waals surface area contributed by atoms with Gasteiger partial charge in [0.15, 0.2) is 11.5 Å². The molecule has 0 saturated carbocycles. The summed E-state index contributed by atoms with van der Waals surface area (Å²) in [7, 11) is 0. The second kappa shape index (κ2) is 19.6. The molecule has 0 spiro atoms. The molecule has 0 bridgehead atoms. The standard InChI is InChI=1S/C39H46O10/c1-3-9-30(10-4-1)25-42-27-36-38-39(37(49-29-48-36)28-43-26-31-11-5-2-6-12-31)47-22-18-41-16-20-45-35-24-33-14-8-7-13-32(33)23-34(35)44-19-15-40-17-21-46-38/h1-14,23-24,36-39H,15-22,25-29H2/t36-,37-,38-,39-/m1/s1. The quantitative estimate of drug-likeness (QED) is 0.236. The number of benzene rings is 4. The Morgan fingerprint density at radius 1 is 0.469 bits per heavy atom. The van der Waals surface area contributed by atoms with Crippen LogP contribution in [0.4, 0.5) is 0 Å². The molecule has 0 N–H and O–H groups in total. The predicted octanol–water partition coefficient (Wildman–Crippen LogP) is 5.59. The molecule has 0 radical (unpaired) electrons. The zero-order chi connectivity index (χ0) is 33.4. The summed E-state index contributed by atoms with van der Waals surface area (Å²) in [6.07, 6.45) is -1.96. The highest BCUT2D eigenvalue weighted by molar-refractivity contribution is 5.86. The molecule has 6 rings (SSSR count). The monoisotopic (exact) mass is 674 g/mol. The molecule has 2 aliphatic heterocycles. The summed E-state index contributed by atoms with van der Waals surface area (Å²) in [5.41, 5.74) is 2.15. The normalized spacial score (nSPS) is 23.1. The molecule has 4 aromatic carbocycles. The maximum Gasteiger partial charge on any atom is 0.161 e. The molecule has 4 atom stereocenters. The average Bonchev–Trinajstić information content (AvgIpc) is 3.29. The fourth-order valence-corrected chi connectivity index (χ4v) is 5.79. The third-order valence-corrected chi connectivity index (χ3v) is 8.27. The molecule has 10 nitrogen and oxygen atoms in total. The molecular weight excluding hydrogens is 628 g/mol. The van der Waals surface area contributed by atoms with E-state index in [1.807, 2.05) is 84.9 Å². The van der Waals surface area contributed by atoms with Crippen LogP contribution in [0.3, 0.4) is 0 Å². The summed E-state index contributed by atoms with van der Waals surface area (Å²) in [6, 6.07) is 32.2. The van der Waals surface area contributed by atoms with Crippen molar-refractivity contribution in [2.75, 3.05) is 72.9 Å². The van der Waals surface area contributed by atoms with E-state index in [0.717, 1.165) is 21.9 Å². The first-order valence-electron chi connectivity index (χ1n) is 17.0. The van der Waals surface area contributed by atoms with Crippen molar-refractivity contribution in [1.82, 2.24) is 0 Å². The minimum atomic E-state index is -0.522. The Morgan fingerprint density at radius 2 is 0.898 bits per heavy atom. The molecule has 10 heteroatoms. The fourth-order valence-electron chi connectivity index (χ4n) is 5.79. The van der Waals surface area contributed by atoms with Gasteiger partial charge in [0.2, 0.25) is 0 Å². The van der Waals surface area contributed by atoms with Gasteiger partial charge in [-0.1, -0.05) is 84.9 Å². The highest BCUT2D eigenvalue weighted by Crippen LogP contribution is 2.33. The average molecular weight is 675 g/mol. The number of rotatable bonds is 8. The summed E-state index contributed by atoms with van der Waals surface area (Å²) in [6.45, 7) is 4.30. The summed E-state index contributed by atoms with van der Waals surface area (Å²) < 4.78 is 61.7. The lowest BCUT2D eigenvalue weighted by Crippen LogP contribution is -2.50. The SMILES string of the molecule is c1ccc(COC[C@H]2OCO[C@H](COCc3ccccc3)[C@H]3OCCOCCOc4cc5ccccc5cc4OCCOCCO[C@@H]32)cc1. The van der Waals surface area contributed by atoms with Crippen LogP contribution in [0.1, 0.15) is 11.1 Å². The van der Waals surface area contributed by atoms with Crippen LogP contribution in [0.2, 0.25) is 0 Å². The number of ether oxygens (including phenoxy) is 10. The molecule has 0 aliphatic carbocycles. The second-order valence-corrected chi connectivity index (χ2v) is 11.8. The summed E-state index contributed by atoms with van der Waals surface area (Å²) in [5.74, 6) is 1.33. The largest absolute Gasteiger partial charge is 0.487 e. The van der Waals surface area contributed by atoms with Crippen molar-refractivity contribution < 1.29 is 47.4 Å². The Balaban J connectivity index is 1.12. The lowest BCUT2D eigenvalue weighted by atomic mass is 10.0. The molecule has 0 aromatic heterocycles.